The average Bonchev–Trinajstić information content (AvgIpc) is 3.21. The van der Waals surface area contributed by atoms with E-state index < -0.39 is 24.4 Å². The number of carbonyl (C=O) groups excluding carboxylic acids is 3. The lowest BCUT2D eigenvalue weighted by Gasteiger charge is -2.17. The number of halogens is 1. The Labute approximate surface area is 195 Å². The van der Waals surface area contributed by atoms with Crippen molar-refractivity contribution in [3.8, 4) is 11.5 Å². The molecule has 1 atom stereocenters. The Balaban J connectivity index is 1.25. The molecule has 1 aliphatic rings. The Morgan fingerprint density at radius 1 is 0.939 bits per heavy atom. The van der Waals surface area contributed by atoms with Crippen molar-refractivity contribution >= 4 is 40.8 Å². The van der Waals surface area contributed by atoms with Crippen molar-refractivity contribution in [1.29, 1.82) is 0 Å². The van der Waals surface area contributed by atoms with E-state index >= 15 is 0 Å². The van der Waals surface area contributed by atoms with Crippen molar-refractivity contribution in [2.24, 2.45) is 5.92 Å². The minimum Gasteiger partial charge on any atom is -0.457 e. The molecule has 0 aliphatic carbocycles. The normalized spacial score (nSPS) is 15.2. The van der Waals surface area contributed by atoms with E-state index in [9.17, 15) is 14.4 Å². The zero-order chi connectivity index (χ0) is 23.2. The van der Waals surface area contributed by atoms with Gasteiger partial charge in [-0.3, -0.25) is 14.4 Å². The highest BCUT2D eigenvalue weighted by atomic mass is 35.5. The molecule has 2 amide bonds. The van der Waals surface area contributed by atoms with Gasteiger partial charge in [-0.05, 0) is 48.5 Å². The van der Waals surface area contributed by atoms with Gasteiger partial charge in [0.1, 0.15) is 11.5 Å². The maximum absolute atomic E-state index is 12.4. The zero-order valence-corrected chi connectivity index (χ0v) is 18.3. The number of benzene rings is 3. The third-order valence-electron chi connectivity index (χ3n) is 5.06. The molecule has 1 saturated heterocycles. The van der Waals surface area contributed by atoms with Crippen molar-refractivity contribution in [2.45, 2.75) is 6.42 Å². The predicted molar refractivity (Wildman–Crippen MR) is 124 cm³/mol. The second-order valence-corrected chi connectivity index (χ2v) is 7.86. The fraction of sp³-hybridized carbons (Fsp3) is 0.160. The van der Waals surface area contributed by atoms with Crippen LogP contribution < -0.4 is 15.0 Å². The molecule has 1 aliphatic heterocycles. The maximum Gasteiger partial charge on any atom is 0.311 e. The lowest BCUT2D eigenvalue weighted by atomic mass is 10.1. The molecule has 1 fully saturated rings. The van der Waals surface area contributed by atoms with E-state index in [1.165, 1.54) is 4.90 Å². The number of nitrogens with one attached hydrogen (secondary N) is 1. The number of ether oxygens (including phenoxy) is 2. The predicted octanol–water partition coefficient (Wildman–Crippen LogP) is 4.67. The van der Waals surface area contributed by atoms with Gasteiger partial charge in [0.25, 0.3) is 5.91 Å². The van der Waals surface area contributed by atoms with Crippen LogP contribution in [0.2, 0.25) is 5.02 Å². The van der Waals surface area contributed by atoms with Crippen LogP contribution in [0.15, 0.2) is 78.9 Å². The summed E-state index contributed by atoms with van der Waals surface area (Å²) in [5, 5.41) is 3.09. The Hall–Kier alpha value is -3.84. The molecule has 8 heteroatoms. The highest BCUT2D eigenvalue weighted by Gasteiger charge is 2.37. The highest BCUT2D eigenvalue weighted by molar-refractivity contribution is 6.33. The van der Waals surface area contributed by atoms with E-state index in [1.807, 2.05) is 30.3 Å². The average molecular weight is 465 g/mol. The number of anilines is 2. The van der Waals surface area contributed by atoms with Gasteiger partial charge in [-0.15, -0.1) is 0 Å². The summed E-state index contributed by atoms with van der Waals surface area (Å²) in [4.78, 5) is 38.4. The van der Waals surface area contributed by atoms with Crippen molar-refractivity contribution < 1.29 is 23.9 Å². The van der Waals surface area contributed by atoms with Crippen LogP contribution in [0, 0.1) is 5.92 Å². The summed E-state index contributed by atoms with van der Waals surface area (Å²) in [6, 6.07) is 23.1. The van der Waals surface area contributed by atoms with E-state index in [0.29, 0.717) is 27.9 Å². The van der Waals surface area contributed by atoms with Crippen LogP contribution in [-0.2, 0) is 19.1 Å². The number of amides is 2. The summed E-state index contributed by atoms with van der Waals surface area (Å²) in [6.07, 6.45) is 0.00848. The number of carbonyl (C=O) groups is 3. The first-order valence-corrected chi connectivity index (χ1v) is 10.7. The molecule has 1 heterocycles. The Morgan fingerprint density at radius 2 is 1.61 bits per heavy atom. The number of para-hydroxylation sites is 2. The molecular weight excluding hydrogens is 444 g/mol. The summed E-state index contributed by atoms with van der Waals surface area (Å²) < 4.78 is 10.8. The smallest absolute Gasteiger partial charge is 0.311 e. The quantitative estimate of drug-likeness (QED) is 0.514. The number of hydrogen-bond donors (Lipinski definition) is 1. The second-order valence-electron chi connectivity index (χ2n) is 7.45. The van der Waals surface area contributed by atoms with E-state index in [-0.39, 0.29) is 18.9 Å². The first-order valence-electron chi connectivity index (χ1n) is 10.3. The summed E-state index contributed by atoms with van der Waals surface area (Å²) in [7, 11) is 0. The largest absolute Gasteiger partial charge is 0.457 e. The van der Waals surface area contributed by atoms with Crippen molar-refractivity contribution in [3.05, 3.63) is 83.9 Å². The fourth-order valence-electron chi connectivity index (χ4n) is 3.45. The van der Waals surface area contributed by atoms with E-state index in [2.05, 4.69) is 5.32 Å². The zero-order valence-electron chi connectivity index (χ0n) is 17.6. The van der Waals surface area contributed by atoms with Gasteiger partial charge in [-0.25, -0.2) is 0 Å². The van der Waals surface area contributed by atoms with Gasteiger partial charge < -0.3 is 19.7 Å². The molecule has 3 aromatic carbocycles. The first kappa shape index (κ1) is 22.4. The standard InChI is InChI=1S/C25H21ClN2O5/c26-21-8-4-5-9-22(21)28-15-17(14-24(28)30)25(31)32-16-23(29)27-18-10-12-20(13-11-18)33-19-6-2-1-3-7-19/h1-13,17H,14-16H2,(H,27,29)/t17-/m0/s1. The number of esters is 1. The summed E-state index contributed by atoms with van der Waals surface area (Å²) >= 11 is 6.16. The lowest BCUT2D eigenvalue weighted by Crippen LogP contribution is -2.28. The summed E-state index contributed by atoms with van der Waals surface area (Å²) in [5.41, 5.74) is 1.09. The van der Waals surface area contributed by atoms with Crippen molar-refractivity contribution in [1.82, 2.24) is 0 Å². The molecule has 0 radical (unpaired) electrons. The molecule has 33 heavy (non-hydrogen) atoms. The van der Waals surface area contributed by atoms with E-state index in [0.717, 1.165) is 0 Å². The maximum atomic E-state index is 12.4. The molecule has 0 saturated carbocycles. The summed E-state index contributed by atoms with van der Waals surface area (Å²) in [5.74, 6) is -0.616. The van der Waals surface area contributed by atoms with Crippen LogP contribution in [0.25, 0.3) is 0 Å². The van der Waals surface area contributed by atoms with Crippen molar-refractivity contribution in [3.63, 3.8) is 0 Å². The Bertz CT molecular complexity index is 1150. The molecule has 4 rings (SSSR count). The molecular formula is C25H21ClN2O5. The first-order chi connectivity index (χ1) is 16.0. The van der Waals surface area contributed by atoms with Crippen LogP contribution in [0.4, 0.5) is 11.4 Å². The Kier molecular flexibility index (Phi) is 6.90. The van der Waals surface area contributed by atoms with Gasteiger partial charge in [0.15, 0.2) is 6.61 Å². The molecule has 168 valence electrons. The summed E-state index contributed by atoms with van der Waals surface area (Å²) in [6.45, 7) is -0.288. The molecule has 0 bridgehead atoms. The van der Waals surface area contributed by atoms with Crippen LogP contribution >= 0.6 is 11.6 Å². The SMILES string of the molecule is O=C(COC(=O)[C@H]1CC(=O)N(c2ccccc2Cl)C1)Nc1ccc(Oc2ccccc2)cc1. The molecule has 7 nitrogen and oxygen atoms in total. The van der Waals surface area contributed by atoms with Gasteiger partial charge >= 0.3 is 5.97 Å². The van der Waals surface area contributed by atoms with Crippen LogP contribution in [0.5, 0.6) is 11.5 Å². The highest BCUT2D eigenvalue weighted by Crippen LogP contribution is 2.31. The van der Waals surface area contributed by atoms with Gasteiger partial charge in [0.05, 0.1) is 16.6 Å². The molecule has 0 unspecified atom stereocenters. The molecule has 3 aromatic rings. The van der Waals surface area contributed by atoms with Gasteiger partial charge in [0.2, 0.25) is 5.91 Å². The third kappa shape index (κ3) is 5.70. The second kappa shape index (κ2) is 10.2. The van der Waals surface area contributed by atoms with Crippen LogP contribution in [0.1, 0.15) is 6.42 Å². The third-order valence-corrected chi connectivity index (χ3v) is 5.38. The molecule has 1 N–H and O–H groups in total. The number of rotatable bonds is 7. The fourth-order valence-corrected chi connectivity index (χ4v) is 3.69. The van der Waals surface area contributed by atoms with Crippen molar-refractivity contribution in [2.75, 3.05) is 23.4 Å². The van der Waals surface area contributed by atoms with Gasteiger partial charge in [-0.2, -0.15) is 0 Å². The van der Waals surface area contributed by atoms with E-state index in [1.54, 1.807) is 48.5 Å². The van der Waals surface area contributed by atoms with Gasteiger partial charge in [-0.1, -0.05) is 41.9 Å². The monoisotopic (exact) mass is 464 g/mol. The molecule has 0 aromatic heterocycles. The Morgan fingerprint density at radius 3 is 2.33 bits per heavy atom. The number of hydrogen-bond acceptors (Lipinski definition) is 5. The number of nitrogens with zero attached hydrogens (tertiary/aromatic N) is 1. The topological polar surface area (TPSA) is 84.9 Å². The van der Waals surface area contributed by atoms with Gasteiger partial charge in [0, 0.05) is 18.7 Å². The van der Waals surface area contributed by atoms with Crippen LogP contribution in [-0.4, -0.2) is 30.9 Å². The minimum absolute atomic E-state index is 0.00848. The van der Waals surface area contributed by atoms with Crippen LogP contribution in [0.3, 0.4) is 0 Å². The molecule has 0 spiro atoms. The minimum atomic E-state index is -0.656. The van der Waals surface area contributed by atoms with E-state index in [4.69, 9.17) is 21.1 Å². The lowest BCUT2D eigenvalue weighted by molar-refractivity contribution is -0.151.